The number of carbonyl (C=O) groups excluding carboxylic acids is 1. The summed E-state index contributed by atoms with van der Waals surface area (Å²) >= 11 is 0. The summed E-state index contributed by atoms with van der Waals surface area (Å²) in [5, 5.41) is 2.70. The molecule has 1 amide bonds. The predicted octanol–water partition coefficient (Wildman–Crippen LogP) is 2.60. The van der Waals surface area contributed by atoms with Gasteiger partial charge in [-0.05, 0) is 37.1 Å². The van der Waals surface area contributed by atoms with Gasteiger partial charge in [0.05, 0.1) is 4.90 Å². The average Bonchev–Trinajstić information content (AvgIpc) is 2.52. The molecule has 0 aliphatic carbocycles. The number of carbonyl (C=O) groups is 1. The summed E-state index contributed by atoms with van der Waals surface area (Å²) in [7, 11) is -4.67. The van der Waals surface area contributed by atoms with E-state index >= 15 is 0 Å². The van der Waals surface area contributed by atoms with Crippen LogP contribution in [0.1, 0.15) is 37.0 Å². The fraction of sp³-hybridized carbons (Fsp3) is 0.400. The number of hydrogen-bond acceptors (Lipinski definition) is 3. The van der Waals surface area contributed by atoms with Gasteiger partial charge in [0, 0.05) is 5.56 Å². The van der Waals surface area contributed by atoms with Crippen LogP contribution in [0.2, 0.25) is 0 Å². The van der Waals surface area contributed by atoms with Crippen LogP contribution in [0.25, 0.3) is 0 Å². The van der Waals surface area contributed by atoms with Gasteiger partial charge in [-0.15, -0.1) is 6.42 Å². The van der Waals surface area contributed by atoms with Crippen molar-refractivity contribution in [3.63, 3.8) is 0 Å². The Bertz CT molecular complexity index is 672. The molecule has 1 N–H and O–H groups in total. The van der Waals surface area contributed by atoms with E-state index in [1.54, 1.807) is 0 Å². The molecule has 0 aliphatic rings. The number of halogens is 2. The zero-order valence-corrected chi connectivity index (χ0v) is 13.1. The van der Waals surface area contributed by atoms with Crippen molar-refractivity contribution in [2.75, 3.05) is 0 Å². The first-order valence-corrected chi connectivity index (χ1v) is 8.19. The largest absolute Gasteiger partial charge is 0.341 e. The summed E-state index contributed by atoms with van der Waals surface area (Å²) in [5.41, 5.74) is -0.639. The van der Waals surface area contributed by atoms with Crippen LogP contribution in [0.5, 0.6) is 0 Å². The van der Waals surface area contributed by atoms with E-state index < -0.39 is 31.9 Å². The summed E-state index contributed by atoms with van der Waals surface area (Å²) in [6, 6.07) is 4.31. The van der Waals surface area contributed by atoms with E-state index in [0.717, 1.165) is 12.1 Å². The lowest BCUT2D eigenvalue weighted by Gasteiger charge is -2.27. The van der Waals surface area contributed by atoms with Crippen LogP contribution in [0.4, 0.5) is 8.78 Å². The summed E-state index contributed by atoms with van der Waals surface area (Å²) in [6.07, 6.45) is 6.50. The molecular formula is C15H17F2NO3S. The Labute approximate surface area is 128 Å². The van der Waals surface area contributed by atoms with Gasteiger partial charge < -0.3 is 5.32 Å². The van der Waals surface area contributed by atoms with E-state index in [9.17, 15) is 22.0 Å². The minimum absolute atomic E-state index is 0.148. The van der Waals surface area contributed by atoms with Gasteiger partial charge in [0.25, 0.3) is 5.91 Å². The van der Waals surface area contributed by atoms with Crippen LogP contribution in [0.15, 0.2) is 29.2 Å². The lowest BCUT2D eigenvalue weighted by molar-refractivity contribution is 0.0916. The van der Waals surface area contributed by atoms with E-state index in [-0.39, 0.29) is 5.56 Å². The van der Waals surface area contributed by atoms with Gasteiger partial charge in [-0.1, -0.05) is 19.8 Å². The van der Waals surface area contributed by atoms with E-state index in [1.165, 1.54) is 12.1 Å². The molecule has 0 saturated carbocycles. The Morgan fingerprint density at radius 1 is 1.27 bits per heavy atom. The highest BCUT2D eigenvalue weighted by atomic mass is 32.2. The molecule has 0 unspecified atom stereocenters. The maximum atomic E-state index is 12.4. The van der Waals surface area contributed by atoms with Crippen LogP contribution in [-0.4, -0.2) is 25.6 Å². The van der Waals surface area contributed by atoms with Crippen LogP contribution in [0.3, 0.4) is 0 Å². The number of rotatable bonds is 6. The number of amides is 1. The van der Waals surface area contributed by atoms with E-state index in [2.05, 4.69) is 11.2 Å². The first kappa shape index (κ1) is 18.1. The summed E-state index contributed by atoms with van der Waals surface area (Å²) in [5.74, 6) is -1.44. The normalized spacial score (nSPS) is 12.0. The van der Waals surface area contributed by atoms with Gasteiger partial charge in [0.1, 0.15) is 5.54 Å². The van der Waals surface area contributed by atoms with Crippen LogP contribution < -0.4 is 5.32 Å². The highest BCUT2D eigenvalue weighted by Crippen LogP contribution is 2.19. The number of benzene rings is 1. The van der Waals surface area contributed by atoms with Crippen LogP contribution in [-0.2, 0) is 9.84 Å². The molecule has 120 valence electrons. The first-order valence-electron chi connectivity index (χ1n) is 6.65. The third-order valence-electron chi connectivity index (χ3n) is 3.52. The monoisotopic (exact) mass is 329 g/mol. The van der Waals surface area contributed by atoms with Crippen molar-refractivity contribution < 1.29 is 22.0 Å². The second-order valence-corrected chi connectivity index (χ2v) is 6.64. The Morgan fingerprint density at radius 3 is 2.14 bits per heavy atom. The SMILES string of the molecule is C#CC(CC)(CC)NC(=O)c1ccc(S(=O)(=O)C(F)F)cc1. The average molecular weight is 329 g/mol. The zero-order valence-electron chi connectivity index (χ0n) is 12.3. The number of terminal acetylenes is 1. The molecule has 0 heterocycles. The molecule has 0 radical (unpaired) electrons. The highest BCUT2D eigenvalue weighted by Gasteiger charge is 2.28. The van der Waals surface area contributed by atoms with Gasteiger partial charge in [-0.2, -0.15) is 8.78 Å². The van der Waals surface area contributed by atoms with E-state index in [4.69, 9.17) is 6.42 Å². The molecule has 0 bridgehead atoms. The van der Waals surface area contributed by atoms with Gasteiger partial charge in [0.15, 0.2) is 0 Å². The number of hydrogen-bond donors (Lipinski definition) is 1. The Morgan fingerprint density at radius 2 is 1.77 bits per heavy atom. The fourth-order valence-corrected chi connectivity index (χ4v) is 2.58. The van der Waals surface area contributed by atoms with Crippen molar-refractivity contribution >= 4 is 15.7 Å². The van der Waals surface area contributed by atoms with Crippen molar-refractivity contribution in [3.05, 3.63) is 29.8 Å². The first-order chi connectivity index (χ1) is 10.2. The maximum Gasteiger partial charge on any atom is 0.341 e. The number of alkyl halides is 2. The molecule has 0 atom stereocenters. The molecule has 1 rings (SSSR count). The van der Waals surface area contributed by atoms with Crippen molar-refractivity contribution in [2.24, 2.45) is 0 Å². The third kappa shape index (κ3) is 3.63. The molecule has 1 aromatic carbocycles. The van der Waals surface area contributed by atoms with Crippen LogP contribution >= 0.6 is 0 Å². The minimum Gasteiger partial charge on any atom is -0.336 e. The molecule has 22 heavy (non-hydrogen) atoms. The Hall–Kier alpha value is -1.94. The Kier molecular flexibility index (Phi) is 5.66. The lowest BCUT2D eigenvalue weighted by atomic mass is 9.93. The van der Waals surface area contributed by atoms with Gasteiger partial charge in [-0.3, -0.25) is 4.79 Å². The molecule has 4 nitrogen and oxygen atoms in total. The zero-order chi connectivity index (χ0) is 17.0. The van der Waals surface area contributed by atoms with E-state index in [0.29, 0.717) is 12.8 Å². The topological polar surface area (TPSA) is 63.2 Å². The number of nitrogens with one attached hydrogen (secondary N) is 1. The summed E-state index contributed by atoms with van der Waals surface area (Å²) in [4.78, 5) is 11.6. The van der Waals surface area contributed by atoms with Crippen molar-refractivity contribution in [2.45, 2.75) is 42.9 Å². The molecule has 7 heteroatoms. The molecule has 0 fully saturated rings. The Balaban J connectivity index is 3.02. The molecular weight excluding hydrogens is 312 g/mol. The fourth-order valence-electron chi connectivity index (χ4n) is 1.86. The van der Waals surface area contributed by atoms with Gasteiger partial charge in [0.2, 0.25) is 9.84 Å². The molecule has 0 aromatic heterocycles. The second-order valence-electron chi connectivity index (χ2n) is 4.72. The standard InChI is InChI=1S/C15H17F2NO3S/c1-4-15(5-2,6-3)18-13(19)11-7-9-12(10-8-11)22(20,21)14(16)17/h1,7-10,14H,5-6H2,2-3H3,(H,18,19). The lowest BCUT2D eigenvalue weighted by Crippen LogP contribution is -2.46. The molecule has 1 aromatic rings. The summed E-state index contributed by atoms with van der Waals surface area (Å²) < 4.78 is 47.5. The molecule has 0 spiro atoms. The van der Waals surface area contributed by atoms with Crippen molar-refractivity contribution in [1.29, 1.82) is 0 Å². The molecule has 0 aliphatic heterocycles. The van der Waals surface area contributed by atoms with Crippen LogP contribution in [0, 0.1) is 12.3 Å². The second kappa shape index (κ2) is 6.88. The maximum absolute atomic E-state index is 12.4. The van der Waals surface area contributed by atoms with Gasteiger partial charge >= 0.3 is 5.76 Å². The third-order valence-corrected chi connectivity index (χ3v) is 4.91. The van der Waals surface area contributed by atoms with E-state index in [1.807, 2.05) is 13.8 Å². The minimum atomic E-state index is -4.67. The molecule has 0 saturated heterocycles. The highest BCUT2D eigenvalue weighted by molar-refractivity contribution is 7.91. The van der Waals surface area contributed by atoms with Gasteiger partial charge in [-0.25, -0.2) is 8.42 Å². The number of sulfone groups is 1. The quantitative estimate of drug-likeness (QED) is 0.816. The summed E-state index contributed by atoms with van der Waals surface area (Å²) in [6.45, 7) is 3.67. The predicted molar refractivity (Wildman–Crippen MR) is 79.2 cm³/mol. The van der Waals surface area contributed by atoms with Crippen molar-refractivity contribution in [3.8, 4) is 12.3 Å². The smallest absolute Gasteiger partial charge is 0.336 e. The van der Waals surface area contributed by atoms with Crippen molar-refractivity contribution in [1.82, 2.24) is 5.32 Å².